The van der Waals surface area contributed by atoms with E-state index in [-0.39, 0.29) is 0 Å². The van der Waals surface area contributed by atoms with Gasteiger partial charge in [0.25, 0.3) is 0 Å². The second kappa shape index (κ2) is 4.10. The molecule has 0 unspecified atom stereocenters. The van der Waals surface area contributed by atoms with Crippen molar-refractivity contribution in [3.8, 4) is 11.3 Å². The highest BCUT2D eigenvalue weighted by molar-refractivity contribution is 5.66. The summed E-state index contributed by atoms with van der Waals surface area (Å²) in [6, 6.07) is 6.28. The topological polar surface area (TPSA) is 52.0 Å². The molecule has 0 fully saturated rings. The molecule has 1 heterocycles. The van der Waals surface area contributed by atoms with E-state index < -0.39 is 0 Å². The molecule has 0 bridgehead atoms. The first-order chi connectivity index (χ1) is 7.63. The quantitative estimate of drug-likeness (QED) is 0.839. The maximum Gasteiger partial charge on any atom is 0.171 e. The molecule has 2 rings (SSSR count). The van der Waals surface area contributed by atoms with E-state index in [0.29, 0.717) is 6.54 Å². The molecule has 3 heteroatoms. The molecular formula is C13H16N2O. The second-order valence-corrected chi connectivity index (χ2v) is 4.10. The SMILES string of the molecule is Cc1ccc(C)c(-c2onc(C)c2CN)c1. The lowest BCUT2D eigenvalue weighted by Crippen LogP contribution is -1.99. The summed E-state index contributed by atoms with van der Waals surface area (Å²) in [7, 11) is 0. The van der Waals surface area contributed by atoms with Gasteiger partial charge in [-0.3, -0.25) is 0 Å². The van der Waals surface area contributed by atoms with Crippen LogP contribution in [-0.2, 0) is 6.54 Å². The van der Waals surface area contributed by atoms with E-state index in [1.807, 2.05) is 6.92 Å². The number of nitrogens with two attached hydrogens (primary N) is 1. The molecule has 16 heavy (non-hydrogen) atoms. The summed E-state index contributed by atoms with van der Waals surface area (Å²) in [6.07, 6.45) is 0. The molecule has 2 aromatic rings. The van der Waals surface area contributed by atoms with Crippen LogP contribution in [0.25, 0.3) is 11.3 Å². The number of hydrogen-bond donors (Lipinski definition) is 1. The molecule has 0 spiro atoms. The van der Waals surface area contributed by atoms with Gasteiger partial charge >= 0.3 is 0 Å². The Morgan fingerprint density at radius 2 is 2.00 bits per heavy atom. The van der Waals surface area contributed by atoms with Crippen molar-refractivity contribution in [2.45, 2.75) is 27.3 Å². The lowest BCUT2D eigenvalue weighted by atomic mass is 10.0. The Balaban J connectivity index is 2.62. The maximum atomic E-state index is 5.72. The molecule has 84 valence electrons. The zero-order valence-electron chi connectivity index (χ0n) is 9.87. The van der Waals surface area contributed by atoms with Crippen LogP contribution in [0.2, 0.25) is 0 Å². The molecule has 1 aromatic heterocycles. The minimum Gasteiger partial charge on any atom is -0.356 e. The van der Waals surface area contributed by atoms with Crippen molar-refractivity contribution in [1.29, 1.82) is 0 Å². The van der Waals surface area contributed by atoms with E-state index in [9.17, 15) is 0 Å². The number of hydrogen-bond acceptors (Lipinski definition) is 3. The van der Waals surface area contributed by atoms with Crippen LogP contribution in [0, 0.1) is 20.8 Å². The highest BCUT2D eigenvalue weighted by Crippen LogP contribution is 2.29. The van der Waals surface area contributed by atoms with Gasteiger partial charge in [-0.2, -0.15) is 0 Å². The third-order valence-corrected chi connectivity index (χ3v) is 2.83. The van der Waals surface area contributed by atoms with E-state index in [4.69, 9.17) is 10.3 Å². The molecule has 3 nitrogen and oxygen atoms in total. The molecule has 0 atom stereocenters. The molecular weight excluding hydrogens is 200 g/mol. The van der Waals surface area contributed by atoms with E-state index in [1.54, 1.807) is 0 Å². The molecule has 0 aliphatic rings. The third-order valence-electron chi connectivity index (χ3n) is 2.83. The van der Waals surface area contributed by atoms with Crippen molar-refractivity contribution in [3.63, 3.8) is 0 Å². The van der Waals surface area contributed by atoms with Gasteiger partial charge in [-0.15, -0.1) is 0 Å². The molecule has 0 aliphatic carbocycles. The fourth-order valence-electron chi connectivity index (χ4n) is 1.82. The minimum atomic E-state index is 0.456. The average Bonchev–Trinajstić information content (AvgIpc) is 2.63. The van der Waals surface area contributed by atoms with E-state index >= 15 is 0 Å². The van der Waals surface area contributed by atoms with Gasteiger partial charge in [0.2, 0.25) is 0 Å². The standard InChI is InChI=1S/C13H16N2O/c1-8-4-5-9(2)11(6-8)13-12(7-14)10(3)15-16-13/h4-6H,7,14H2,1-3H3. The predicted octanol–water partition coefficient (Wildman–Crippen LogP) is 2.73. The summed E-state index contributed by atoms with van der Waals surface area (Å²) in [4.78, 5) is 0. The molecule has 1 aromatic carbocycles. The molecule has 2 N–H and O–H groups in total. The van der Waals surface area contributed by atoms with Crippen LogP contribution >= 0.6 is 0 Å². The highest BCUT2D eigenvalue weighted by Gasteiger charge is 2.15. The fourth-order valence-corrected chi connectivity index (χ4v) is 1.82. The molecule has 0 saturated heterocycles. The predicted molar refractivity (Wildman–Crippen MR) is 64.0 cm³/mol. The monoisotopic (exact) mass is 216 g/mol. The lowest BCUT2D eigenvalue weighted by Gasteiger charge is -2.05. The zero-order valence-corrected chi connectivity index (χ0v) is 9.87. The van der Waals surface area contributed by atoms with Crippen molar-refractivity contribution in [1.82, 2.24) is 5.16 Å². The second-order valence-electron chi connectivity index (χ2n) is 4.10. The number of rotatable bonds is 2. The Hall–Kier alpha value is -1.61. The van der Waals surface area contributed by atoms with E-state index in [2.05, 4.69) is 37.2 Å². The van der Waals surface area contributed by atoms with Crippen molar-refractivity contribution in [2.24, 2.45) is 5.73 Å². The van der Waals surface area contributed by atoms with Crippen molar-refractivity contribution in [2.75, 3.05) is 0 Å². The number of benzene rings is 1. The Bertz CT molecular complexity index is 515. The smallest absolute Gasteiger partial charge is 0.171 e. The number of aromatic nitrogens is 1. The summed E-state index contributed by atoms with van der Waals surface area (Å²) < 4.78 is 5.38. The summed E-state index contributed by atoms with van der Waals surface area (Å²) >= 11 is 0. The summed E-state index contributed by atoms with van der Waals surface area (Å²) in [5, 5.41) is 3.98. The van der Waals surface area contributed by atoms with Crippen LogP contribution < -0.4 is 5.73 Å². The van der Waals surface area contributed by atoms with Gasteiger partial charge in [0.15, 0.2) is 5.76 Å². The summed E-state index contributed by atoms with van der Waals surface area (Å²) in [6.45, 7) is 6.50. The van der Waals surface area contributed by atoms with Gasteiger partial charge in [-0.25, -0.2) is 0 Å². The third kappa shape index (κ3) is 1.74. The van der Waals surface area contributed by atoms with Gasteiger partial charge in [0.1, 0.15) is 0 Å². The van der Waals surface area contributed by atoms with Crippen LogP contribution in [0.4, 0.5) is 0 Å². The van der Waals surface area contributed by atoms with Crippen LogP contribution in [-0.4, -0.2) is 5.16 Å². The number of nitrogens with zero attached hydrogens (tertiary/aromatic N) is 1. The van der Waals surface area contributed by atoms with Crippen molar-refractivity contribution < 1.29 is 4.52 Å². The maximum absolute atomic E-state index is 5.72. The first-order valence-corrected chi connectivity index (χ1v) is 5.36. The summed E-state index contributed by atoms with van der Waals surface area (Å²) in [5.74, 6) is 0.807. The van der Waals surface area contributed by atoms with Crippen LogP contribution in [0.15, 0.2) is 22.7 Å². The lowest BCUT2D eigenvalue weighted by molar-refractivity contribution is 0.426. The van der Waals surface area contributed by atoms with E-state index in [0.717, 1.165) is 22.6 Å². The van der Waals surface area contributed by atoms with Gasteiger partial charge in [-0.05, 0) is 32.4 Å². The van der Waals surface area contributed by atoms with Gasteiger partial charge in [0, 0.05) is 17.7 Å². The Kier molecular flexibility index (Phi) is 2.79. The first kappa shape index (κ1) is 10.9. The minimum absolute atomic E-state index is 0.456. The molecule has 0 aliphatic heterocycles. The van der Waals surface area contributed by atoms with Crippen molar-refractivity contribution >= 4 is 0 Å². The molecule has 0 saturated carbocycles. The summed E-state index contributed by atoms with van der Waals surface area (Å²) in [5.41, 5.74) is 11.1. The van der Waals surface area contributed by atoms with Gasteiger partial charge < -0.3 is 10.3 Å². The van der Waals surface area contributed by atoms with Gasteiger partial charge in [0.05, 0.1) is 5.69 Å². The fraction of sp³-hybridized carbons (Fsp3) is 0.308. The van der Waals surface area contributed by atoms with Crippen LogP contribution in [0.3, 0.4) is 0 Å². The Labute approximate surface area is 95.3 Å². The number of aryl methyl sites for hydroxylation is 3. The highest BCUT2D eigenvalue weighted by atomic mass is 16.5. The molecule has 0 amide bonds. The molecule has 0 radical (unpaired) electrons. The van der Waals surface area contributed by atoms with Gasteiger partial charge in [-0.1, -0.05) is 22.9 Å². The zero-order chi connectivity index (χ0) is 11.7. The van der Waals surface area contributed by atoms with Crippen molar-refractivity contribution in [3.05, 3.63) is 40.6 Å². The Morgan fingerprint density at radius 3 is 2.69 bits per heavy atom. The largest absolute Gasteiger partial charge is 0.356 e. The Morgan fingerprint density at radius 1 is 1.25 bits per heavy atom. The van der Waals surface area contributed by atoms with Crippen LogP contribution in [0.5, 0.6) is 0 Å². The normalized spacial score (nSPS) is 10.8. The average molecular weight is 216 g/mol. The van der Waals surface area contributed by atoms with E-state index in [1.165, 1.54) is 11.1 Å². The van der Waals surface area contributed by atoms with Crippen LogP contribution in [0.1, 0.15) is 22.4 Å². The first-order valence-electron chi connectivity index (χ1n) is 5.36.